The summed E-state index contributed by atoms with van der Waals surface area (Å²) >= 11 is 5.61. The highest BCUT2D eigenvalue weighted by Crippen LogP contribution is 2.27. The lowest BCUT2D eigenvalue weighted by molar-refractivity contribution is -0.145. The average Bonchev–Trinajstić information content (AvgIpc) is 2.27. The highest BCUT2D eigenvalue weighted by atomic mass is 35.5. The third-order valence-electron chi connectivity index (χ3n) is 2.68. The van der Waals surface area contributed by atoms with Gasteiger partial charge in [0, 0.05) is 31.7 Å². The largest absolute Gasteiger partial charge is 0.451 e. The second kappa shape index (κ2) is 4.78. The van der Waals surface area contributed by atoms with Gasteiger partial charge in [0.15, 0.2) is 0 Å². The second-order valence-electron chi connectivity index (χ2n) is 3.88. The molecule has 0 radical (unpaired) electrons. The fourth-order valence-corrected chi connectivity index (χ4v) is 2.04. The number of hydrogen-bond donors (Lipinski definition) is 0. The summed E-state index contributed by atoms with van der Waals surface area (Å²) in [6, 6.07) is 0. The van der Waals surface area contributed by atoms with Crippen LogP contribution in [0.2, 0.25) is 0 Å². The maximum atomic E-state index is 12.4. The first-order valence-corrected chi connectivity index (χ1v) is 5.74. The van der Waals surface area contributed by atoms with Gasteiger partial charge in [-0.2, -0.15) is 13.2 Å². The summed E-state index contributed by atoms with van der Waals surface area (Å²) < 4.78 is 37.3. The Kier molecular flexibility index (Phi) is 3.53. The van der Waals surface area contributed by atoms with Gasteiger partial charge in [-0.3, -0.25) is 4.90 Å². The fraction of sp³-hybridized carbons (Fsp3) is 0.600. The summed E-state index contributed by atoms with van der Waals surface area (Å²) in [6.07, 6.45) is -2.53. The van der Waals surface area contributed by atoms with Crippen LogP contribution in [0.25, 0.3) is 0 Å². The van der Waals surface area contributed by atoms with Crippen molar-refractivity contribution in [3.8, 4) is 0 Å². The van der Waals surface area contributed by atoms with E-state index in [1.165, 1.54) is 6.20 Å². The number of fused-ring (bicyclic) bond motifs is 1. The highest BCUT2D eigenvalue weighted by molar-refractivity contribution is 6.18. The van der Waals surface area contributed by atoms with E-state index in [2.05, 4.69) is 9.97 Å². The predicted molar refractivity (Wildman–Crippen MR) is 56.7 cm³/mol. The first-order valence-electron chi connectivity index (χ1n) is 5.21. The first-order chi connectivity index (χ1) is 8.00. The lowest BCUT2D eigenvalue weighted by Crippen LogP contribution is -2.33. The lowest BCUT2D eigenvalue weighted by Gasteiger charge is -2.27. The van der Waals surface area contributed by atoms with Crippen molar-refractivity contribution in [1.82, 2.24) is 14.9 Å². The van der Waals surface area contributed by atoms with Gasteiger partial charge in [-0.15, -0.1) is 11.6 Å². The van der Waals surface area contributed by atoms with Gasteiger partial charge in [-0.1, -0.05) is 0 Å². The molecule has 0 N–H and O–H groups in total. The molecule has 0 saturated carbocycles. The first kappa shape index (κ1) is 12.6. The maximum absolute atomic E-state index is 12.4. The number of aromatic nitrogens is 2. The molecule has 0 saturated heterocycles. The van der Waals surface area contributed by atoms with Gasteiger partial charge in [0.05, 0.1) is 5.69 Å². The summed E-state index contributed by atoms with van der Waals surface area (Å²) in [4.78, 5) is 8.94. The van der Waals surface area contributed by atoms with Crippen LogP contribution in [0, 0.1) is 0 Å². The normalized spacial score (nSPS) is 16.9. The van der Waals surface area contributed by atoms with Crippen molar-refractivity contribution in [1.29, 1.82) is 0 Å². The van der Waals surface area contributed by atoms with Crippen molar-refractivity contribution in [3.63, 3.8) is 0 Å². The summed E-state index contributed by atoms with van der Waals surface area (Å²) in [5.41, 5.74) is 1.26. The standard InChI is InChI=1S/C10H11ClF3N3/c11-2-4-17-3-1-7-5-15-9(10(12,13)14)16-8(7)6-17/h5H,1-4,6H2. The zero-order valence-corrected chi connectivity index (χ0v) is 9.72. The molecule has 17 heavy (non-hydrogen) atoms. The molecule has 2 heterocycles. The number of rotatable bonds is 2. The Bertz CT molecular complexity index is 408. The lowest BCUT2D eigenvalue weighted by atomic mass is 10.1. The monoisotopic (exact) mass is 265 g/mol. The van der Waals surface area contributed by atoms with E-state index in [0.29, 0.717) is 31.1 Å². The molecular weight excluding hydrogens is 255 g/mol. The second-order valence-corrected chi connectivity index (χ2v) is 4.26. The molecule has 2 rings (SSSR count). The summed E-state index contributed by atoms with van der Waals surface area (Å²) in [5.74, 6) is -0.601. The van der Waals surface area contributed by atoms with Crippen LogP contribution in [-0.4, -0.2) is 33.8 Å². The van der Waals surface area contributed by atoms with Crippen molar-refractivity contribution in [2.24, 2.45) is 0 Å². The van der Waals surface area contributed by atoms with Crippen LogP contribution >= 0.6 is 11.6 Å². The molecule has 1 aromatic rings. The molecule has 0 aliphatic carbocycles. The Morgan fingerprint density at radius 2 is 2.18 bits per heavy atom. The van der Waals surface area contributed by atoms with Crippen molar-refractivity contribution < 1.29 is 13.2 Å². The molecule has 1 aromatic heterocycles. The van der Waals surface area contributed by atoms with Crippen LogP contribution in [0.4, 0.5) is 13.2 Å². The molecule has 0 aromatic carbocycles. The zero-order valence-electron chi connectivity index (χ0n) is 8.97. The summed E-state index contributed by atoms with van der Waals surface area (Å²) in [7, 11) is 0. The molecule has 3 nitrogen and oxygen atoms in total. The minimum atomic E-state index is -4.48. The fourth-order valence-electron chi connectivity index (χ4n) is 1.80. The molecule has 0 fully saturated rings. The van der Waals surface area contributed by atoms with Gasteiger partial charge >= 0.3 is 6.18 Å². The third-order valence-corrected chi connectivity index (χ3v) is 2.85. The molecule has 0 bridgehead atoms. The molecule has 0 amide bonds. The average molecular weight is 266 g/mol. The smallest absolute Gasteiger partial charge is 0.296 e. The minimum absolute atomic E-state index is 0.410. The molecule has 0 atom stereocenters. The maximum Gasteiger partial charge on any atom is 0.451 e. The van der Waals surface area contributed by atoms with Gasteiger partial charge in [-0.25, -0.2) is 9.97 Å². The molecular formula is C10H11ClF3N3. The van der Waals surface area contributed by atoms with E-state index < -0.39 is 12.0 Å². The van der Waals surface area contributed by atoms with E-state index in [0.717, 1.165) is 12.1 Å². The highest BCUT2D eigenvalue weighted by Gasteiger charge is 2.35. The van der Waals surface area contributed by atoms with Crippen molar-refractivity contribution in [2.75, 3.05) is 19.0 Å². The molecule has 0 unspecified atom stereocenters. The van der Waals surface area contributed by atoms with Gasteiger partial charge in [0.25, 0.3) is 0 Å². The number of alkyl halides is 4. The molecule has 94 valence electrons. The van der Waals surface area contributed by atoms with Crippen molar-refractivity contribution >= 4 is 11.6 Å². The van der Waals surface area contributed by atoms with Gasteiger partial charge in [0.2, 0.25) is 5.82 Å². The molecule has 1 aliphatic rings. The van der Waals surface area contributed by atoms with E-state index in [1.807, 2.05) is 4.90 Å². The predicted octanol–water partition coefficient (Wildman–Crippen LogP) is 2.09. The van der Waals surface area contributed by atoms with E-state index >= 15 is 0 Å². The van der Waals surface area contributed by atoms with Crippen LogP contribution in [0.3, 0.4) is 0 Å². The Morgan fingerprint density at radius 1 is 1.41 bits per heavy atom. The van der Waals surface area contributed by atoms with Gasteiger partial charge in [-0.05, 0) is 12.0 Å². The quantitative estimate of drug-likeness (QED) is 0.767. The summed E-state index contributed by atoms with van der Waals surface area (Å²) in [5, 5.41) is 0. The topological polar surface area (TPSA) is 29.0 Å². The Balaban J connectivity index is 2.23. The number of hydrogen-bond acceptors (Lipinski definition) is 3. The SMILES string of the molecule is FC(F)(F)c1ncc2c(n1)CN(CCCl)CC2. The molecule has 1 aliphatic heterocycles. The van der Waals surface area contributed by atoms with Gasteiger partial charge < -0.3 is 0 Å². The van der Waals surface area contributed by atoms with Crippen molar-refractivity contribution in [3.05, 3.63) is 23.3 Å². The van der Waals surface area contributed by atoms with E-state index in [9.17, 15) is 13.2 Å². The van der Waals surface area contributed by atoms with Crippen LogP contribution in [0.15, 0.2) is 6.20 Å². The van der Waals surface area contributed by atoms with Crippen LogP contribution in [0.1, 0.15) is 17.1 Å². The van der Waals surface area contributed by atoms with E-state index in [-0.39, 0.29) is 0 Å². The minimum Gasteiger partial charge on any atom is -0.296 e. The van der Waals surface area contributed by atoms with Crippen LogP contribution < -0.4 is 0 Å². The Labute approximate surface area is 102 Å². The van der Waals surface area contributed by atoms with E-state index in [1.54, 1.807) is 0 Å². The zero-order chi connectivity index (χ0) is 12.5. The Morgan fingerprint density at radius 3 is 2.82 bits per heavy atom. The van der Waals surface area contributed by atoms with Crippen molar-refractivity contribution in [2.45, 2.75) is 19.1 Å². The van der Waals surface area contributed by atoms with Gasteiger partial charge in [0.1, 0.15) is 0 Å². The van der Waals surface area contributed by atoms with Crippen LogP contribution in [-0.2, 0) is 19.1 Å². The summed E-state index contributed by atoms with van der Waals surface area (Å²) in [6.45, 7) is 1.86. The number of nitrogens with zero attached hydrogens (tertiary/aromatic N) is 3. The Hall–Kier alpha value is -0.880. The third kappa shape index (κ3) is 2.87. The van der Waals surface area contributed by atoms with Crippen LogP contribution in [0.5, 0.6) is 0 Å². The van der Waals surface area contributed by atoms with E-state index in [4.69, 9.17) is 11.6 Å². The number of halogens is 4. The molecule has 0 spiro atoms. The molecule has 7 heteroatoms.